The van der Waals surface area contributed by atoms with Crippen LogP contribution in [0, 0.1) is 0 Å². The van der Waals surface area contributed by atoms with Gasteiger partial charge in [-0.05, 0) is 12.5 Å². The van der Waals surface area contributed by atoms with Gasteiger partial charge >= 0.3 is 0 Å². The Morgan fingerprint density at radius 1 is 1.73 bits per heavy atom. The third-order valence-electron chi connectivity index (χ3n) is 1.37. The summed E-state index contributed by atoms with van der Waals surface area (Å²) in [5, 5.41) is 9.37. The van der Waals surface area contributed by atoms with Gasteiger partial charge in [0, 0.05) is 6.20 Å². The third kappa shape index (κ3) is 1.95. The number of nitrogens with zero attached hydrogens (tertiary/aromatic N) is 1. The minimum absolute atomic E-state index is 0.273. The summed E-state index contributed by atoms with van der Waals surface area (Å²) < 4.78 is 0. The SMILES string of the molecule is [B]c1cc(C(C)O)cnc1Cl. The van der Waals surface area contributed by atoms with Crippen LogP contribution in [0.2, 0.25) is 5.15 Å². The number of hydrogen-bond donors (Lipinski definition) is 1. The summed E-state index contributed by atoms with van der Waals surface area (Å²) in [6.07, 6.45) is 0.950. The van der Waals surface area contributed by atoms with Gasteiger partial charge < -0.3 is 5.11 Å². The minimum atomic E-state index is -0.554. The van der Waals surface area contributed by atoms with E-state index in [1.54, 1.807) is 13.0 Å². The standard InChI is InChI=1S/C7H7BClNO/c1-4(11)5-2-6(8)7(9)10-3-5/h2-4,11H,1H3. The van der Waals surface area contributed by atoms with Gasteiger partial charge in [0.2, 0.25) is 0 Å². The molecule has 1 aromatic rings. The van der Waals surface area contributed by atoms with E-state index >= 15 is 0 Å². The van der Waals surface area contributed by atoms with Crippen LogP contribution >= 0.6 is 11.6 Å². The van der Waals surface area contributed by atoms with Crippen molar-refractivity contribution in [2.45, 2.75) is 13.0 Å². The topological polar surface area (TPSA) is 33.1 Å². The number of pyridine rings is 1. The zero-order chi connectivity index (χ0) is 8.43. The van der Waals surface area contributed by atoms with Gasteiger partial charge in [-0.25, -0.2) is 4.98 Å². The molecule has 11 heavy (non-hydrogen) atoms. The Bertz CT molecular complexity index is 265. The average molecular weight is 167 g/mol. The van der Waals surface area contributed by atoms with Crippen molar-refractivity contribution < 1.29 is 5.11 Å². The molecule has 0 saturated carbocycles. The molecule has 0 aliphatic carbocycles. The molecule has 1 N–H and O–H groups in total. The molecule has 0 fully saturated rings. The van der Waals surface area contributed by atoms with Gasteiger partial charge in [0.1, 0.15) is 13.0 Å². The van der Waals surface area contributed by atoms with Crippen LogP contribution in [0.4, 0.5) is 0 Å². The third-order valence-corrected chi connectivity index (χ3v) is 1.69. The van der Waals surface area contributed by atoms with E-state index in [4.69, 9.17) is 24.6 Å². The molecule has 4 heteroatoms. The van der Waals surface area contributed by atoms with Crippen molar-refractivity contribution in [2.24, 2.45) is 0 Å². The molecule has 2 nitrogen and oxygen atoms in total. The molecular weight excluding hydrogens is 160 g/mol. The van der Waals surface area contributed by atoms with Crippen LogP contribution < -0.4 is 5.46 Å². The Balaban J connectivity index is 3.05. The van der Waals surface area contributed by atoms with Crippen molar-refractivity contribution in [3.8, 4) is 0 Å². The van der Waals surface area contributed by atoms with Gasteiger partial charge in [-0.15, -0.1) is 0 Å². The normalized spacial score (nSPS) is 13.0. The molecule has 2 radical (unpaired) electrons. The Kier molecular flexibility index (Phi) is 2.52. The van der Waals surface area contributed by atoms with Crippen LogP contribution in [0.1, 0.15) is 18.6 Å². The average Bonchev–Trinajstić information content (AvgIpc) is 1.94. The van der Waals surface area contributed by atoms with Crippen LogP contribution in [0.3, 0.4) is 0 Å². The fourth-order valence-corrected chi connectivity index (χ4v) is 0.814. The Morgan fingerprint density at radius 3 is 2.82 bits per heavy atom. The summed E-state index contributed by atoms with van der Waals surface area (Å²) in [7, 11) is 5.45. The lowest BCUT2D eigenvalue weighted by Crippen LogP contribution is -2.08. The van der Waals surface area contributed by atoms with Crippen molar-refractivity contribution in [3.05, 3.63) is 23.0 Å². The van der Waals surface area contributed by atoms with Crippen molar-refractivity contribution in [1.29, 1.82) is 0 Å². The molecule has 1 atom stereocenters. The van der Waals surface area contributed by atoms with E-state index in [-0.39, 0.29) is 5.15 Å². The predicted molar refractivity (Wildman–Crippen MR) is 45.3 cm³/mol. The fraction of sp³-hybridized carbons (Fsp3) is 0.286. The molecule has 1 aromatic heterocycles. The number of aliphatic hydroxyl groups is 1. The number of aromatic nitrogens is 1. The summed E-state index contributed by atoms with van der Waals surface area (Å²) in [6, 6.07) is 1.61. The number of halogens is 1. The van der Waals surface area contributed by atoms with Gasteiger partial charge in [-0.3, -0.25) is 0 Å². The first-order valence-corrected chi connectivity index (χ1v) is 3.58. The maximum atomic E-state index is 9.10. The maximum absolute atomic E-state index is 9.10. The molecule has 56 valence electrons. The molecule has 0 saturated heterocycles. The molecule has 1 heterocycles. The molecule has 0 aliphatic heterocycles. The first-order valence-electron chi connectivity index (χ1n) is 3.20. The quantitative estimate of drug-likeness (QED) is 0.490. The van der Waals surface area contributed by atoms with Crippen LogP contribution in [-0.4, -0.2) is 17.9 Å². The largest absolute Gasteiger partial charge is 0.389 e. The highest BCUT2D eigenvalue weighted by molar-refractivity contribution is 6.44. The second-order valence-corrected chi connectivity index (χ2v) is 2.68. The Hall–Kier alpha value is -0.535. The number of aliphatic hydroxyl groups excluding tert-OH is 1. The van der Waals surface area contributed by atoms with E-state index in [1.807, 2.05) is 0 Å². The Labute approximate surface area is 71.6 Å². The lowest BCUT2D eigenvalue weighted by atomic mass is 9.96. The first kappa shape index (κ1) is 8.56. The summed E-state index contributed by atoms with van der Waals surface area (Å²) in [5.41, 5.74) is 1.07. The van der Waals surface area contributed by atoms with E-state index in [0.29, 0.717) is 11.0 Å². The molecule has 1 rings (SSSR count). The maximum Gasteiger partial charge on any atom is 0.122 e. The second kappa shape index (κ2) is 3.24. The Morgan fingerprint density at radius 2 is 2.36 bits per heavy atom. The minimum Gasteiger partial charge on any atom is -0.389 e. The van der Waals surface area contributed by atoms with Crippen LogP contribution in [0.25, 0.3) is 0 Å². The second-order valence-electron chi connectivity index (χ2n) is 2.32. The fourth-order valence-electron chi connectivity index (χ4n) is 0.711. The summed E-state index contributed by atoms with van der Waals surface area (Å²) >= 11 is 5.57. The lowest BCUT2D eigenvalue weighted by molar-refractivity contribution is 0.199. The summed E-state index contributed by atoms with van der Waals surface area (Å²) in [6.45, 7) is 1.64. The lowest BCUT2D eigenvalue weighted by Gasteiger charge is -2.05. The molecule has 1 unspecified atom stereocenters. The smallest absolute Gasteiger partial charge is 0.122 e. The molecular formula is C7H7BClNO. The van der Waals surface area contributed by atoms with Crippen LogP contribution in [-0.2, 0) is 0 Å². The van der Waals surface area contributed by atoms with E-state index in [0.717, 1.165) is 0 Å². The zero-order valence-electron chi connectivity index (χ0n) is 6.08. The predicted octanol–water partition coefficient (Wildman–Crippen LogP) is 0.582. The first-order chi connectivity index (χ1) is 5.11. The highest BCUT2D eigenvalue weighted by Crippen LogP contribution is 2.10. The summed E-state index contributed by atoms with van der Waals surface area (Å²) in [5.74, 6) is 0. The van der Waals surface area contributed by atoms with Crippen LogP contribution in [0.5, 0.6) is 0 Å². The molecule has 0 spiro atoms. The molecule has 0 aromatic carbocycles. The van der Waals surface area contributed by atoms with Crippen molar-refractivity contribution in [3.63, 3.8) is 0 Å². The zero-order valence-corrected chi connectivity index (χ0v) is 6.84. The highest BCUT2D eigenvalue weighted by Gasteiger charge is 2.02. The molecule has 0 aliphatic rings. The summed E-state index contributed by atoms with van der Waals surface area (Å²) in [4.78, 5) is 3.78. The van der Waals surface area contributed by atoms with Gasteiger partial charge in [-0.1, -0.05) is 23.1 Å². The monoisotopic (exact) mass is 167 g/mol. The highest BCUT2D eigenvalue weighted by atomic mass is 35.5. The van der Waals surface area contributed by atoms with E-state index in [2.05, 4.69) is 4.98 Å². The molecule has 0 bridgehead atoms. The van der Waals surface area contributed by atoms with Gasteiger partial charge in [-0.2, -0.15) is 0 Å². The van der Waals surface area contributed by atoms with Gasteiger partial charge in [0.25, 0.3) is 0 Å². The van der Waals surface area contributed by atoms with E-state index in [1.165, 1.54) is 6.20 Å². The molecule has 0 amide bonds. The van der Waals surface area contributed by atoms with E-state index < -0.39 is 6.10 Å². The number of rotatable bonds is 1. The van der Waals surface area contributed by atoms with Crippen molar-refractivity contribution in [2.75, 3.05) is 0 Å². The van der Waals surface area contributed by atoms with Crippen molar-refractivity contribution >= 4 is 24.9 Å². The van der Waals surface area contributed by atoms with E-state index in [9.17, 15) is 0 Å². The van der Waals surface area contributed by atoms with Crippen molar-refractivity contribution in [1.82, 2.24) is 4.98 Å². The van der Waals surface area contributed by atoms with Gasteiger partial charge in [0.15, 0.2) is 0 Å². The van der Waals surface area contributed by atoms with Crippen LogP contribution in [0.15, 0.2) is 12.3 Å². The van der Waals surface area contributed by atoms with Gasteiger partial charge in [0.05, 0.1) is 6.10 Å². The number of hydrogen-bond acceptors (Lipinski definition) is 2.